The van der Waals surface area contributed by atoms with Gasteiger partial charge >= 0.3 is 0 Å². The molecule has 1 aromatic carbocycles. The van der Waals surface area contributed by atoms with Crippen LogP contribution in [-0.4, -0.2) is 39.1 Å². The van der Waals surface area contributed by atoms with Crippen LogP contribution >= 0.6 is 35.0 Å². The first-order valence-electron chi connectivity index (χ1n) is 7.78. The second kappa shape index (κ2) is 10.1. The van der Waals surface area contributed by atoms with E-state index in [4.69, 9.17) is 27.9 Å². The SMILES string of the molecule is CCCOc1c(Cl)cc(CNCCCSc2nnnn2C)cc1Cl. The minimum absolute atomic E-state index is 0.554. The van der Waals surface area contributed by atoms with Gasteiger partial charge in [-0.1, -0.05) is 41.9 Å². The van der Waals surface area contributed by atoms with Crippen LogP contribution in [-0.2, 0) is 13.6 Å². The van der Waals surface area contributed by atoms with E-state index in [1.54, 1.807) is 16.4 Å². The fourth-order valence-electron chi connectivity index (χ4n) is 1.99. The molecule has 0 aliphatic carbocycles. The molecule has 0 fully saturated rings. The van der Waals surface area contributed by atoms with Crippen LogP contribution in [0.15, 0.2) is 17.3 Å². The molecule has 0 unspecified atom stereocenters. The molecule has 24 heavy (non-hydrogen) atoms. The van der Waals surface area contributed by atoms with Crippen LogP contribution < -0.4 is 10.1 Å². The summed E-state index contributed by atoms with van der Waals surface area (Å²) in [7, 11) is 1.84. The van der Waals surface area contributed by atoms with Gasteiger partial charge in [0.05, 0.1) is 16.7 Å². The topological polar surface area (TPSA) is 64.9 Å². The summed E-state index contributed by atoms with van der Waals surface area (Å²) in [6.45, 7) is 4.25. The molecule has 9 heteroatoms. The maximum absolute atomic E-state index is 6.24. The smallest absolute Gasteiger partial charge is 0.209 e. The highest BCUT2D eigenvalue weighted by Gasteiger charge is 2.09. The lowest BCUT2D eigenvalue weighted by molar-refractivity contribution is 0.317. The Hall–Kier alpha value is -1.02. The molecule has 6 nitrogen and oxygen atoms in total. The van der Waals surface area contributed by atoms with Crippen molar-refractivity contribution < 1.29 is 4.74 Å². The van der Waals surface area contributed by atoms with Crippen molar-refractivity contribution in [2.45, 2.75) is 31.5 Å². The minimum Gasteiger partial charge on any atom is -0.490 e. The molecule has 1 heterocycles. The summed E-state index contributed by atoms with van der Waals surface area (Å²) in [5.74, 6) is 1.52. The number of aryl methyl sites for hydroxylation is 1. The molecule has 2 rings (SSSR count). The molecular formula is C15H21Cl2N5OS. The highest BCUT2D eigenvalue weighted by Crippen LogP contribution is 2.34. The average Bonchev–Trinajstić information content (AvgIpc) is 2.95. The summed E-state index contributed by atoms with van der Waals surface area (Å²) in [5, 5.41) is 16.7. The molecule has 1 aromatic heterocycles. The maximum Gasteiger partial charge on any atom is 0.209 e. The summed E-state index contributed by atoms with van der Waals surface area (Å²) >= 11 is 14.1. The molecular weight excluding hydrogens is 369 g/mol. The van der Waals surface area contributed by atoms with Gasteiger partial charge in [-0.2, -0.15) is 0 Å². The van der Waals surface area contributed by atoms with Gasteiger partial charge in [-0.05, 0) is 47.5 Å². The zero-order valence-electron chi connectivity index (χ0n) is 13.8. The highest BCUT2D eigenvalue weighted by molar-refractivity contribution is 7.99. The van der Waals surface area contributed by atoms with Crippen molar-refractivity contribution in [3.05, 3.63) is 27.7 Å². The number of ether oxygens (including phenoxy) is 1. The second-order valence-electron chi connectivity index (χ2n) is 5.20. The zero-order chi connectivity index (χ0) is 17.4. The van der Waals surface area contributed by atoms with Gasteiger partial charge in [-0.15, -0.1) is 5.10 Å². The Morgan fingerprint density at radius 2 is 2.04 bits per heavy atom. The van der Waals surface area contributed by atoms with Gasteiger partial charge in [0.15, 0.2) is 5.75 Å². The number of rotatable bonds is 10. The third-order valence-corrected chi connectivity index (χ3v) is 4.81. The standard InChI is InChI=1S/C15H21Cl2N5OS/c1-3-6-23-14-12(16)8-11(9-13(14)17)10-18-5-4-7-24-15-19-20-21-22(15)2/h8-9,18H,3-7,10H2,1-2H3. The fourth-order valence-corrected chi connectivity index (χ4v) is 3.42. The summed E-state index contributed by atoms with van der Waals surface area (Å²) in [4.78, 5) is 0. The van der Waals surface area contributed by atoms with Crippen molar-refractivity contribution in [1.82, 2.24) is 25.5 Å². The Balaban J connectivity index is 1.71. The number of aromatic nitrogens is 4. The molecule has 0 saturated heterocycles. The molecule has 0 amide bonds. The summed E-state index contributed by atoms with van der Waals surface area (Å²) < 4.78 is 7.24. The molecule has 0 spiro atoms. The third kappa shape index (κ3) is 5.81. The van der Waals surface area contributed by atoms with Crippen LogP contribution in [0.5, 0.6) is 5.75 Å². The lowest BCUT2D eigenvalue weighted by atomic mass is 10.2. The number of hydrogen-bond acceptors (Lipinski definition) is 6. The van der Waals surface area contributed by atoms with Crippen molar-refractivity contribution in [3.8, 4) is 5.75 Å². The van der Waals surface area contributed by atoms with Crippen LogP contribution in [0.25, 0.3) is 0 Å². The molecule has 0 saturated carbocycles. The normalized spacial score (nSPS) is 11.0. The number of benzene rings is 1. The molecule has 132 valence electrons. The Bertz CT molecular complexity index is 630. The van der Waals surface area contributed by atoms with E-state index >= 15 is 0 Å². The molecule has 0 bridgehead atoms. The molecule has 0 radical (unpaired) electrons. The highest BCUT2D eigenvalue weighted by atomic mass is 35.5. The number of nitrogens with one attached hydrogen (secondary N) is 1. The van der Waals surface area contributed by atoms with E-state index in [9.17, 15) is 0 Å². The molecule has 0 atom stereocenters. The number of hydrogen-bond donors (Lipinski definition) is 1. The van der Waals surface area contributed by atoms with E-state index in [0.717, 1.165) is 35.9 Å². The van der Waals surface area contributed by atoms with Gasteiger partial charge in [-0.25, -0.2) is 4.68 Å². The molecule has 2 aromatic rings. The molecule has 0 aliphatic rings. The van der Waals surface area contributed by atoms with Gasteiger partial charge in [0.25, 0.3) is 0 Å². The summed E-state index contributed by atoms with van der Waals surface area (Å²) in [5.41, 5.74) is 1.04. The summed E-state index contributed by atoms with van der Waals surface area (Å²) in [6, 6.07) is 3.79. The van der Waals surface area contributed by atoms with Crippen LogP contribution in [0, 0.1) is 0 Å². The van der Waals surface area contributed by atoms with Crippen molar-refractivity contribution in [1.29, 1.82) is 0 Å². The van der Waals surface area contributed by atoms with E-state index < -0.39 is 0 Å². The number of thioether (sulfide) groups is 1. The van der Waals surface area contributed by atoms with Crippen molar-refractivity contribution in [2.75, 3.05) is 18.9 Å². The molecule has 1 N–H and O–H groups in total. The number of nitrogens with zero attached hydrogens (tertiary/aromatic N) is 4. The van der Waals surface area contributed by atoms with Gasteiger partial charge in [0, 0.05) is 19.3 Å². The quantitative estimate of drug-likeness (QED) is 0.494. The van der Waals surface area contributed by atoms with E-state index in [2.05, 4.69) is 20.8 Å². The van der Waals surface area contributed by atoms with Crippen molar-refractivity contribution in [3.63, 3.8) is 0 Å². The van der Waals surface area contributed by atoms with Gasteiger partial charge < -0.3 is 10.1 Å². The monoisotopic (exact) mass is 389 g/mol. The lowest BCUT2D eigenvalue weighted by Crippen LogP contribution is -2.15. The fraction of sp³-hybridized carbons (Fsp3) is 0.533. The van der Waals surface area contributed by atoms with Crippen molar-refractivity contribution >= 4 is 35.0 Å². The molecule has 0 aliphatic heterocycles. The van der Waals surface area contributed by atoms with Crippen LogP contribution in [0.2, 0.25) is 10.0 Å². The average molecular weight is 390 g/mol. The largest absolute Gasteiger partial charge is 0.490 e. The van der Waals surface area contributed by atoms with Gasteiger partial charge in [0.1, 0.15) is 0 Å². The van der Waals surface area contributed by atoms with Crippen LogP contribution in [0.4, 0.5) is 0 Å². The van der Waals surface area contributed by atoms with E-state index in [0.29, 0.717) is 28.9 Å². The predicted octanol–water partition coefficient (Wildman–Crippen LogP) is 3.58. The zero-order valence-corrected chi connectivity index (χ0v) is 16.1. The third-order valence-electron chi connectivity index (χ3n) is 3.15. The first-order valence-corrected chi connectivity index (χ1v) is 9.52. The Kier molecular flexibility index (Phi) is 8.11. The number of tetrazole rings is 1. The maximum atomic E-state index is 6.24. The Morgan fingerprint density at radius 1 is 1.29 bits per heavy atom. The van der Waals surface area contributed by atoms with E-state index in [-0.39, 0.29) is 0 Å². The first kappa shape index (κ1) is 19.3. The van der Waals surface area contributed by atoms with Crippen molar-refractivity contribution in [2.24, 2.45) is 7.05 Å². The predicted molar refractivity (Wildman–Crippen MR) is 98.1 cm³/mol. The second-order valence-corrected chi connectivity index (χ2v) is 7.08. The minimum atomic E-state index is 0.554. The van der Waals surface area contributed by atoms with E-state index in [1.807, 2.05) is 26.1 Å². The first-order chi connectivity index (χ1) is 11.6. The Morgan fingerprint density at radius 3 is 2.67 bits per heavy atom. The van der Waals surface area contributed by atoms with Crippen LogP contribution in [0.3, 0.4) is 0 Å². The summed E-state index contributed by atoms with van der Waals surface area (Å²) in [6.07, 6.45) is 1.93. The van der Waals surface area contributed by atoms with Gasteiger partial charge in [-0.3, -0.25) is 0 Å². The lowest BCUT2D eigenvalue weighted by Gasteiger charge is -2.11. The van der Waals surface area contributed by atoms with Gasteiger partial charge in [0.2, 0.25) is 5.16 Å². The van der Waals surface area contributed by atoms with E-state index in [1.165, 1.54) is 0 Å². The van der Waals surface area contributed by atoms with Crippen LogP contribution in [0.1, 0.15) is 25.3 Å². The number of halogens is 2. The Labute approximate surface area is 156 Å².